The van der Waals surface area contributed by atoms with Gasteiger partial charge >= 0.3 is 6.03 Å². The van der Waals surface area contributed by atoms with Crippen LogP contribution in [0, 0.1) is 5.82 Å². The van der Waals surface area contributed by atoms with E-state index in [1.54, 1.807) is 60.7 Å². The number of amides is 4. The molecule has 0 saturated carbocycles. The Kier molecular flexibility index (Phi) is 8.33. The number of benzene rings is 4. The number of nitrogens with zero attached hydrogens (tertiary/aromatic N) is 1. The number of ether oxygens (including phenoxy) is 2. The minimum absolute atomic E-state index is 0.170. The maximum atomic E-state index is 13.3. The molecule has 41 heavy (non-hydrogen) atoms. The smallest absolute Gasteiger partial charge is 0.335 e. The molecule has 0 bridgehead atoms. The lowest BCUT2D eigenvalue weighted by Gasteiger charge is -2.26. The molecule has 0 spiro atoms. The summed E-state index contributed by atoms with van der Waals surface area (Å²) in [6.45, 7) is 0.475. The fourth-order valence-electron chi connectivity index (χ4n) is 3.96. The molecule has 0 atom stereocenters. The van der Waals surface area contributed by atoms with E-state index in [1.807, 2.05) is 12.1 Å². The van der Waals surface area contributed by atoms with Gasteiger partial charge in [-0.15, -0.1) is 0 Å². The minimum Gasteiger partial charge on any atom is -0.489 e. The zero-order chi connectivity index (χ0) is 28.9. The molecule has 5 rings (SSSR count). The van der Waals surface area contributed by atoms with E-state index in [9.17, 15) is 18.8 Å². The highest BCUT2D eigenvalue weighted by Gasteiger charge is 2.36. The molecule has 0 aromatic heterocycles. The first-order valence-electron chi connectivity index (χ1n) is 12.3. The molecule has 0 radical (unpaired) electrons. The number of carbonyl (C=O) groups excluding carboxylic acids is 3. The molecule has 1 aliphatic heterocycles. The minimum atomic E-state index is -0.866. The molecule has 206 valence electrons. The molecule has 1 heterocycles. The Hall–Kier alpha value is -4.66. The summed E-state index contributed by atoms with van der Waals surface area (Å²) in [5, 5.41) is 3.07. The third kappa shape index (κ3) is 6.74. The first-order chi connectivity index (χ1) is 19.8. The second kappa shape index (κ2) is 12.2. The Bertz CT molecular complexity index is 1640. The van der Waals surface area contributed by atoms with Crippen molar-refractivity contribution in [3.8, 4) is 11.5 Å². The summed E-state index contributed by atoms with van der Waals surface area (Å²) >= 11 is 12.3. The van der Waals surface area contributed by atoms with Crippen molar-refractivity contribution in [2.75, 3.05) is 4.90 Å². The van der Waals surface area contributed by atoms with Gasteiger partial charge in [0, 0.05) is 5.02 Å². The van der Waals surface area contributed by atoms with Crippen LogP contribution in [0.1, 0.15) is 16.7 Å². The van der Waals surface area contributed by atoms with Crippen molar-refractivity contribution < 1.29 is 28.2 Å². The van der Waals surface area contributed by atoms with Gasteiger partial charge in [-0.2, -0.15) is 0 Å². The number of imide groups is 2. The van der Waals surface area contributed by atoms with Crippen LogP contribution in [-0.2, 0) is 22.8 Å². The van der Waals surface area contributed by atoms with Gasteiger partial charge in [0.15, 0.2) is 0 Å². The summed E-state index contributed by atoms with van der Waals surface area (Å²) in [4.78, 5) is 39.3. The molecule has 0 unspecified atom stereocenters. The fourth-order valence-corrected chi connectivity index (χ4v) is 4.33. The molecule has 4 aromatic rings. The van der Waals surface area contributed by atoms with Crippen molar-refractivity contribution in [1.82, 2.24) is 5.32 Å². The van der Waals surface area contributed by atoms with Gasteiger partial charge in [-0.25, -0.2) is 14.1 Å². The zero-order valence-corrected chi connectivity index (χ0v) is 22.8. The summed E-state index contributed by atoms with van der Waals surface area (Å²) in [5.41, 5.74) is 2.13. The molecule has 1 saturated heterocycles. The van der Waals surface area contributed by atoms with E-state index in [2.05, 4.69) is 5.32 Å². The number of halogens is 3. The summed E-state index contributed by atoms with van der Waals surface area (Å²) in [7, 11) is 0. The summed E-state index contributed by atoms with van der Waals surface area (Å²) in [5.74, 6) is -1.07. The molecule has 1 fully saturated rings. The number of anilines is 1. The van der Waals surface area contributed by atoms with E-state index in [-0.39, 0.29) is 28.7 Å². The van der Waals surface area contributed by atoms with Crippen LogP contribution in [-0.4, -0.2) is 17.8 Å². The quantitative estimate of drug-likeness (QED) is 0.177. The predicted molar refractivity (Wildman–Crippen MR) is 153 cm³/mol. The van der Waals surface area contributed by atoms with Crippen molar-refractivity contribution in [1.29, 1.82) is 0 Å². The van der Waals surface area contributed by atoms with Gasteiger partial charge in [0.2, 0.25) is 0 Å². The van der Waals surface area contributed by atoms with E-state index in [0.29, 0.717) is 28.7 Å². The predicted octanol–water partition coefficient (Wildman–Crippen LogP) is 6.96. The van der Waals surface area contributed by atoms with E-state index < -0.39 is 17.8 Å². The highest BCUT2D eigenvalue weighted by molar-refractivity contribution is 6.39. The van der Waals surface area contributed by atoms with E-state index in [4.69, 9.17) is 32.7 Å². The maximum absolute atomic E-state index is 13.3. The molecular weight excluding hydrogens is 570 g/mol. The number of hydrogen-bond acceptors (Lipinski definition) is 5. The van der Waals surface area contributed by atoms with Crippen LogP contribution in [0.25, 0.3) is 6.08 Å². The van der Waals surface area contributed by atoms with Crippen molar-refractivity contribution in [3.05, 3.63) is 129 Å². The van der Waals surface area contributed by atoms with Gasteiger partial charge < -0.3 is 9.47 Å². The van der Waals surface area contributed by atoms with Crippen LogP contribution >= 0.6 is 23.2 Å². The number of barbiturate groups is 1. The van der Waals surface area contributed by atoms with Crippen molar-refractivity contribution in [2.45, 2.75) is 13.2 Å². The number of urea groups is 1. The second-order valence-electron chi connectivity index (χ2n) is 8.97. The Labute approximate surface area is 244 Å². The first kappa shape index (κ1) is 27.9. The molecule has 4 aromatic carbocycles. The topological polar surface area (TPSA) is 84.9 Å². The average Bonchev–Trinajstić information content (AvgIpc) is 2.96. The van der Waals surface area contributed by atoms with E-state index in [1.165, 1.54) is 24.3 Å². The lowest BCUT2D eigenvalue weighted by molar-refractivity contribution is -0.122. The van der Waals surface area contributed by atoms with Gasteiger partial charge in [0.25, 0.3) is 11.8 Å². The Morgan fingerprint density at radius 1 is 0.780 bits per heavy atom. The first-order valence-corrected chi connectivity index (χ1v) is 13.1. The second-order valence-corrected chi connectivity index (χ2v) is 9.82. The summed E-state index contributed by atoms with van der Waals surface area (Å²) in [6.07, 6.45) is 1.34. The van der Waals surface area contributed by atoms with Crippen LogP contribution < -0.4 is 19.7 Å². The standard InChI is InChI=1S/C31H21Cl2FN2O5/c32-22-6-1-19(2-7-22)17-40-25-12-10-24(11-13-25)36-30(38)26(29(37)35-31(36)39)15-21-5-14-28(27(33)16-21)41-18-20-3-8-23(34)9-4-20/h1-16H,17-18H2,(H,35,37,39)/b26-15+. The molecule has 7 nitrogen and oxygen atoms in total. The van der Waals surface area contributed by atoms with E-state index >= 15 is 0 Å². The number of nitrogens with one attached hydrogen (secondary N) is 1. The largest absolute Gasteiger partial charge is 0.489 e. The van der Waals surface area contributed by atoms with Crippen LogP contribution in [0.2, 0.25) is 10.0 Å². The van der Waals surface area contributed by atoms with Crippen LogP contribution in [0.15, 0.2) is 96.6 Å². The van der Waals surface area contributed by atoms with Crippen LogP contribution in [0.3, 0.4) is 0 Å². The van der Waals surface area contributed by atoms with Crippen molar-refractivity contribution in [3.63, 3.8) is 0 Å². The van der Waals surface area contributed by atoms with Gasteiger partial charge in [-0.1, -0.05) is 53.5 Å². The highest BCUT2D eigenvalue weighted by Crippen LogP contribution is 2.29. The Balaban J connectivity index is 1.28. The molecule has 0 aliphatic carbocycles. The molecule has 1 aliphatic rings. The van der Waals surface area contributed by atoms with Gasteiger partial charge in [-0.05, 0) is 83.4 Å². The summed E-state index contributed by atoms with van der Waals surface area (Å²) in [6, 6.07) is 23.3. The normalized spacial score (nSPS) is 14.3. The molecule has 4 amide bonds. The number of hydrogen-bond donors (Lipinski definition) is 1. The van der Waals surface area contributed by atoms with Gasteiger partial charge in [-0.3, -0.25) is 14.9 Å². The molecule has 1 N–H and O–H groups in total. The maximum Gasteiger partial charge on any atom is 0.335 e. The Morgan fingerprint density at radius 2 is 1.41 bits per heavy atom. The van der Waals surface area contributed by atoms with Gasteiger partial charge in [0.1, 0.15) is 36.1 Å². The highest BCUT2D eigenvalue weighted by atomic mass is 35.5. The zero-order valence-electron chi connectivity index (χ0n) is 21.3. The van der Waals surface area contributed by atoms with Gasteiger partial charge in [0.05, 0.1) is 10.7 Å². The lowest BCUT2D eigenvalue weighted by atomic mass is 10.1. The van der Waals surface area contributed by atoms with Crippen LogP contribution in [0.4, 0.5) is 14.9 Å². The summed E-state index contributed by atoms with van der Waals surface area (Å²) < 4.78 is 24.6. The Morgan fingerprint density at radius 3 is 2.07 bits per heavy atom. The third-order valence-electron chi connectivity index (χ3n) is 6.09. The average molecular weight is 591 g/mol. The molecular formula is C31H21Cl2FN2O5. The molecule has 10 heteroatoms. The monoisotopic (exact) mass is 590 g/mol. The van der Waals surface area contributed by atoms with Crippen molar-refractivity contribution >= 4 is 52.8 Å². The third-order valence-corrected chi connectivity index (χ3v) is 6.64. The van der Waals surface area contributed by atoms with E-state index in [0.717, 1.165) is 16.0 Å². The SMILES string of the molecule is O=C1NC(=O)N(c2ccc(OCc3ccc(Cl)cc3)cc2)C(=O)/C1=C/c1ccc(OCc2ccc(F)cc2)c(Cl)c1. The fraction of sp³-hybridized carbons (Fsp3) is 0.0645. The lowest BCUT2D eigenvalue weighted by Crippen LogP contribution is -2.54. The van der Waals surface area contributed by atoms with Crippen molar-refractivity contribution in [2.24, 2.45) is 0 Å². The number of carbonyl (C=O) groups is 3. The van der Waals surface area contributed by atoms with Crippen LogP contribution in [0.5, 0.6) is 11.5 Å². The number of rotatable bonds is 8.